The van der Waals surface area contributed by atoms with Crippen LogP contribution >= 0.6 is 0 Å². The van der Waals surface area contributed by atoms with Gasteiger partial charge in [0.1, 0.15) is 0 Å². The van der Waals surface area contributed by atoms with E-state index < -0.39 is 5.54 Å². The van der Waals surface area contributed by atoms with Crippen LogP contribution in [0.25, 0.3) is 0 Å². The Hall–Kier alpha value is -2.92. The second kappa shape index (κ2) is 6.18. The van der Waals surface area contributed by atoms with Gasteiger partial charge in [0.05, 0.1) is 37.0 Å². The van der Waals surface area contributed by atoms with E-state index in [2.05, 4.69) is 28.4 Å². The van der Waals surface area contributed by atoms with Gasteiger partial charge in [-0.1, -0.05) is 42.5 Å². The minimum Gasteiger partial charge on any atom is -0.472 e. The topological polar surface area (TPSA) is 69.3 Å². The Balaban J connectivity index is 1.79. The zero-order valence-corrected chi connectivity index (χ0v) is 13.7. The number of nitrogens with one attached hydrogen (secondary N) is 2. The molecule has 1 aromatic carbocycles. The molecule has 5 nitrogen and oxygen atoms in total. The van der Waals surface area contributed by atoms with Crippen LogP contribution < -0.4 is 5.32 Å². The maximum Gasteiger partial charge on any atom is 0.235 e. The minimum absolute atomic E-state index is 0.0224. The standard InChI is InChI=1S/C20H19N3O2/c21-18-6-8-20(17-4-2-1-3-5-17,23-12-19(24)22-14-23)11-16(18)10-15-7-9-25-13-15/h1-9,11,13,21H,10,12,14H2,(H,22,24). The fourth-order valence-electron chi connectivity index (χ4n) is 3.46. The van der Waals surface area contributed by atoms with Gasteiger partial charge >= 0.3 is 0 Å². The Bertz CT molecular complexity index is 852. The first kappa shape index (κ1) is 15.6. The molecule has 1 aliphatic heterocycles. The quantitative estimate of drug-likeness (QED) is 0.904. The summed E-state index contributed by atoms with van der Waals surface area (Å²) in [4.78, 5) is 13.9. The Labute approximate surface area is 146 Å². The predicted molar refractivity (Wildman–Crippen MR) is 95.2 cm³/mol. The number of rotatable bonds is 4. The summed E-state index contributed by atoms with van der Waals surface area (Å²) >= 11 is 0. The molecular weight excluding hydrogens is 314 g/mol. The van der Waals surface area contributed by atoms with Crippen LogP contribution in [0.3, 0.4) is 0 Å². The van der Waals surface area contributed by atoms with Crippen LogP contribution in [0, 0.1) is 5.41 Å². The molecule has 2 N–H and O–H groups in total. The van der Waals surface area contributed by atoms with Gasteiger partial charge in [0.15, 0.2) is 0 Å². The first-order chi connectivity index (χ1) is 12.2. The molecule has 1 atom stereocenters. The molecule has 2 heterocycles. The van der Waals surface area contributed by atoms with Crippen molar-refractivity contribution in [2.45, 2.75) is 12.0 Å². The summed E-state index contributed by atoms with van der Waals surface area (Å²) in [6.45, 7) is 0.822. The van der Waals surface area contributed by atoms with E-state index in [1.165, 1.54) is 0 Å². The summed E-state index contributed by atoms with van der Waals surface area (Å²) in [6, 6.07) is 12.0. The smallest absolute Gasteiger partial charge is 0.235 e. The lowest BCUT2D eigenvalue weighted by molar-refractivity contribution is -0.118. The summed E-state index contributed by atoms with van der Waals surface area (Å²) in [5.74, 6) is 0.0224. The van der Waals surface area contributed by atoms with Crippen molar-refractivity contribution in [1.82, 2.24) is 10.2 Å². The van der Waals surface area contributed by atoms with Crippen LogP contribution in [0.4, 0.5) is 0 Å². The van der Waals surface area contributed by atoms with Gasteiger partial charge in [0, 0.05) is 6.42 Å². The van der Waals surface area contributed by atoms with Crippen molar-refractivity contribution in [3.63, 3.8) is 0 Å². The van der Waals surface area contributed by atoms with E-state index in [4.69, 9.17) is 9.83 Å². The van der Waals surface area contributed by atoms with Gasteiger partial charge in [-0.05, 0) is 28.8 Å². The Morgan fingerprint density at radius 1 is 1.24 bits per heavy atom. The van der Waals surface area contributed by atoms with Gasteiger partial charge in [-0.15, -0.1) is 0 Å². The van der Waals surface area contributed by atoms with Crippen LogP contribution in [0.2, 0.25) is 0 Å². The highest BCUT2D eigenvalue weighted by molar-refractivity contribution is 6.08. The first-order valence-electron chi connectivity index (χ1n) is 8.26. The summed E-state index contributed by atoms with van der Waals surface area (Å²) in [5, 5.41) is 11.2. The van der Waals surface area contributed by atoms with Crippen molar-refractivity contribution in [2.24, 2.45) is 0 Å². The van der Waals surface area contributed by atoms with Gasteiger partial charge in [0.25, 0.3) is 0 Å². The molecule has 2 aromatic rings. The lowest BCUT2D eigenvalue weighted by atomic mass is 9.80. The van der Waals surface area contributed by atoms with E-state index in [0.717, 1.165) is 16.7 Å². The highest BCUT2D eigenvalue weighted by Gasteiger charge is 2.40. The second-order valence-electron chi connectivity index (χ2n) is 6.37. The Morgan fingerprint density at radius 3 is 2.76 bits per heavy atom. The second-order valence-corrected chi connectivity index (χ2v) is 6.37. The number of carbonyl (C=O) groups excluding carboxylic acids is 1. The van der Waals surface area contributed by atoms with Crippen molar-refractivity contribution in [3.8, 4) is 0 Å². The average Bonchev–Trinajstić information content (AvgIpc) is 3.30. The number of nitrogens with zero attached hydrogens (tertiary/aromatic N) is 1. The SMILES string of the molecule is N=C1C=CC(c2ccccc2)(N2CNC(=O)C2)C=C1Cc1ccoc1. The van der Waals surface area contributed by atoms with E-state index in [1.807, 2.05) is 36.4 Å². The molecule has 25 heavy (non-hydrogen) atoms. The number of hydrogen-bond donors (Lipinski definition) is 2. The highest BCUT2D eigenvalue weighted by atomic mass is 16.3. The summed E-state index contributed by atoms with van der Waals surface area (Å²) in [6.07, 6.45) is 9.94. The normalized spacial score (nSPS) is 23.6. The van der Waals surface area contributed by atoms with E-state index in [-0.39, 0.29) is 5.91 Å². The highest BCUT2D eigenvalue weighted by Crippen LogP contribution is 2.37. The number of carbonyl (C=O) groups is 1. The van der Waals surface area contributed by atoms with Crippen LogP contribution in [0.15, 0.2) is 77.1 Å². The zero-order valence-electron chi connectivity index (χ0n) is 13.7. The van der Waals surface area contributed by atoms with Crippen molar-refractivity contribution in [1.29, 1.82) is 5.41 Å². The first-order valence-corrected chi connectivity index (χ1v) is 8.26. The zero-order chi connectivity index (χ0) is 17.3. The largest absolute Gasteiger partial charge is 0.472 e. The number of hydrogen-bond acceptors (Lipinski definition) is 4. The molecule has 1 aliphatic carbocycles. The Kier molecular flexibility index (Phi) is 3.86. The summed E-state index contributed by atoms with van der Waals surface area (Å²) in [7, 11) is 0. The third kappa shape index (κ3) is 2.83. The van der Waals surface area contributed by atoms with E-state index in [0.29, 0.717) is 25.3 Å². The monoisotopic (exact) mass is 333 g/mol. The van der Waals surface area contributed by atoms with Gasteiger partial charge < -0.3 is 15.1 Å². The number of allylic oxidation sites excluding steroid dienone is 2. The lowest BCUT2D eigenvalue weighted by Gasteiger charge is -2.39. The molecule has 0 spiro atoms. The molecule has 1 amide bonds. The fraction of sp³-hybridized carbons (Fsp3) is 0.200. The van der Waals surface area contributed by atoms with Gasteiger partial charge in [-0.25, -0.2) is 0 Å². The third-order valence-corrected chi connectivity index (χ3v) is 4.78. The van der Waals surface area contributed by atoms with Crippen LogP contribution in [-0.4, -0.2) is 29.7 Å². The average molecular weight is 333 g/mol. The predicted octanol–water partition coefficient (Wildman–Crippen LogP) is 2.62. The van der Waals surface area contributed by atoms with E-state index in [9.17, 15) is 4.79 Å². The van der Waals surface area contributed by atoms with Gasteiger partial charge in [-0.2, -0.15) is 0 Å². The van der Waals surface area contributed by atoms with E-state index in [1.54, 1.807) is 12.5 Å². The van der Waals surface area contributed by atoms with Crippen LogP contribution in [-0.2, 0) is 16.8 Å². The van der Waals surface area contributed by atoms with Crippen molar-refractivity contribution >= 4 is 11.6 Å². The third-order valence-electron chi connectivity index (χ3n) is 4.78. The lowest BCUT2D eigenvalue weighted by Crippen LogP contribution is -2.44. The van der Waals surface area contributed by atoms with Gasteiger partial charge in [-0.3, -0.25) is 9.69 Å². The molecule has 0 radical (unpaired) electrons. The molecule has 1 unspecified atom stereocenters. The summed E-state index contributed by atoms with van der Waals surface area (Å²) in [5.41, 5.74) is 2.99. The molecule has 1 fully saturated rings. The van der Waals surface area contributed by atoms with Crippen molar-refractivity contribution in [2.75, 3.05) is 13.2 Å². The van der Waals surface area contributed by atoms with E-state index >= 15 is 0 Å². The molecule has 2 aliphatic rings. The van der Waals surface area contributed by atoms with Crippen LogP contribution in [0.5, 0.6) is 0 Å². The minimum atomic E-state index is -0.538. The summed E-state index contributed by atoms with van der Waals surface area (Å²) < 4.78 is 5.16. The fourth-order valence-corrected chi connectivity index (χ4v) is 3.46. The molecule has 1 saturated heterocycles. The molecular formula is C20H19N3O2. The molecule has 4 rings (SSSR count). The van der Waals surface area contributed by atoms with Crippen molar-refractivity contribution < 1.29 is 9.21 Å². The molecule has 5 heteroatoms. The van der Waals surface area contributed by atoms with Crippen LogP contribution in [0.1, 0.15) is 11.1 Å². The Morgan fingerprint density at radius 2 is 2.08 bits per heavy atom. The number of benzene rings is 1. The molecule has 1 aromatic heterocycles. The maximum absolute atomic E-state index is 11.8. The van der Waals surface area contributed by atoms with Gasteiger partial charge in [0.2, 0.25) is 5.91 Å². The molecule has 126 valence electrons. The number of furan rings is 1. The maximum atomic E-state index is 11.8. The molecule has 0 bridgehead atoms. The number of amides is 1. The molecule has 0 saturated carbocycles. The van der Waals surface area contributed by atoms with Crippen molar-refractivity contribution in [3.05, 3.63) is 83.9 Å².